The fraction of sp³-hybridized carbons (Fsp3) is 0.286. The quantitative estimate of drug-likeness (QED) is 0.614. The summed E-state index contributed by atoms with van der Waals surface area (Å²) in [5.74, 6) is 1.16. The number of anilines is 4. The van der Waals surface area contributed by atoms with Crippen LogP contribution in [0.4, 0.5) is 23.1 Å². The standard InChI is InChI=1S/C21H23ClN6/c22-17-5-3-4-16(14-17)10-11-23-20-15-24-27-21(26-20)25-18-6-8-19(9-7-18)28-12-1-2-13-28/h3-9,14-15H,1-2,10-13H2,(H2,23,25,26,27). The van der Waals surface area contributed by atoms with Crippen LogP contribution >= 0.6 is 11.6 Å². The lowest BCUT2D eigenvalue weighted by Crippen LogP contribution is -2.17. The summed E-state index contributed by atoms with van der Waals surface area (Å²) in [6.07, 6.45) is 5.03. The Kier molecular flexibility index (Phi) is 5.87. The Morgan fingerprint density at radius 3 is 2.64 bits per heavy atom. The highest BCUT2D eigenvalue weighted by atomic mass is 35.5. The first-order valence-electron chi connectivity index (χ1n) is 9.56. The van der Waals surface area contributed by atoms with Crippen LogP contribution in [-0.4, -0.2) is 34.8 Å². The molecule has 1 aromatic heterocycles. The highest BCUT2D eigenvalue weighted by Gasteiger charge is 2.12. The number of halogens is 1. The molecule has 1 aliphatic heterocycles. The Morgan fingerprint density at radius 1 is 1.04 bits per heavy atom. The van der Waals surface area contributed by atoms with Gasteiger partial charge < -0.3 is 15.5 Å². The van der Waals surface area contributed by atoms with Gasteiger partial charge in [-0.25, -0.2) is 0 Å². The van der Waals surface area contributed by atoms with Gasteiger partial charge in [-0.3, -0.25) is 0 Å². The van der Waals surface area contributed by atoms with Crippen LogP contribution in [0.3, 0.4) is 0 Å². The van der Waals surface area contributed by atoms with E-state index in [-0.39, 0.29) is 0 Å². The highest BCUT2D eigenvalue weighted by molar-refractivity contribution is 6.30. The van der Waals surface area contributed by atoms with Crippen molar-refractivity contribution in [3.05, 3.63) is 65.3 Å². The molecule has 0 bridgehead atoms. The van der Waals surface area contributed by atoms with E-state index in [4.69, 9.17) is 11.6 Å². The van der Waals surface area contributed by atoms with Gasteiger partial charge in [0.15, 0.2) is 5.82 Å². The number of nitrogens with one attached hydrogen (secondary N) is 2. The molecule has 0 radical (unpaired) electrons. The molecule has 144 valence electrons. The number of nitrogens with zero attached hydrogens (tertiary/aromatic N) is 4. The van der Waals surface area contributed by atoms with Crippen LogP contribution in [0.1, 0.15) is 18.4 Å². The van der Waals surface area contributed by atoms with E-state index in [1.54, 1.807) is 6.20 Å². The molecule has 7 heteroatoms. The van der Waals surface area contributed by atoms with E-state index in [1.807, 2.05) is 18.2 Å². The molecule has 1 fully saturated rings. The van der Waals surface area contributed by atoms with Crippen LogP contribution < -0.4 is 15.5 Å². The molecular formula is C21H23ClN6. The van der Waals surface area contributed by atoms with E-state index < -0.39 is 0 Å². The van der Waals surface area contributed by atoms with Crippen molar-refractivity contribution in [2.24, 2.45) is 0 Å². The van der Waals surface area contributed by atoms with Crippen LogP contribution in [0.5, 0.6) is 0 Å². The minimum absolute atomic E-state index is 0.474. The van der Waals surface area contributed by atoms with Gasteiger partial charge in [-0.05, 0) is 61.2 Å². The summed E-state index contributed by atoms with van der Waals surface area (Å²) in [7, 11) is 0. The smallest absolute Gasteiger partial charge is 0.249 e. The van der Waals surface area contributed by atoms with Crippen molar-refractivity contribution in [1.82, 2.24) is 15.2 Å². The summed E-state index contributed by atoms with van der Waals surface area (Å²) in [4.78, 5) is 6.89. The van der Waals surface area contributed by atoms with Crippen LogP contribution in [0, 0.1) is 0 Å². The molecule has 0 unspecified atom stereocenters. The first kappa shape index (κ1) is 18.5. The lowest BCUT2D eigenvalue weighted by molar-refractivity contribution is 0.949. The summed E-state index contributed by atoms with van der Waals surface area (Å²) >= 11 is 6.02. The summed E-state index contributed by atoms with van der Waals surface area (Å²) in [5, 5.41) is 15.4. The first-order valence-corrected chi connectivity index (χ1v) is 9.94. The molecule has 0 spiro atoms. The Hall–Kier alpha value is -2.86. The van der Waals surface area contributed by atoms with E-state index in [0.717, 1.165) is 36.8 Å². The largest absolute Gasteiger partial charge is 0.372 e. The van der Waals surface area contributed by atoms with Gasteiger partial charge in [-0.2, -0.15) is 10.1 Å². The molecule has 6 nitrogen and oxygen atoms in total. The Labute approximate surface area is 170 Å². The third-order valence-electron chi connectivity index (χ3n) is 4.76. The van der Waals surface area contributed by atoms with E-state index in [1.165, 1.54) is 24.1 Å². The average Bonchev–Trinajstić information content (AvgIpc) is 3.24. The number of benzene rings is 2. The van der Waals surface area contributed by atoms with Gasteiger partial charge in [0, 0.05) is 36.0 Å². The second-order valence-corrected chi connectivity index (χ2v) is 7.27. The van der Waals surface area contributed by atoms with Crippen molar-refractivity contribution in [3.8, 4) is 0 Å². The van der Waals surface area contributed by atoms with E-state index in [2.05, 4.69) is 61.0 Å². The van der Waals surface area contributed by atoms with Crippen molar-refractivity contribution >= 4 is 34.7 Å². The van der Waals surface area contributed by atoms with E-state index in [9.17, 15) is 0 Å². The third kappa shape index (κ3) is 4.89. The van der Waals surface area contributed by atoms with Crippen LogP contribution in [0.25, 0.3) is 0 Å². The van der Waals surface area contributed by atoms with Crippen LogP contribution in [0.2, 0.25) is 5.02 Å². The monoisotopic (exact) mass is 394 g/mol. The lowest BCUT2D eigenvalue weighted by Gasteiger charge is -2.17. The minimum Gasteiger partial charge on any atom is -0.372 e. The second-order valence-electron chi connectivity index (χ2n) is 6.84. The zero-order chi connectivity index (χ0) is 19.2. The van der Waals surface area contributed by atoms with E-state index in [0.29, 0.717) is 11.8 Å². The molecule has 3 aromatic rings. The molecule has 0 amide bonds. The molecule has 28 heavy (non-hydrogen) atoms. The molecule has 4 rings (SSSR count). The topological polar surface area (TPSA) is 66.0 Å². The van der Waals surface area contributed by atoms with Gasteiger partial charge in [0.05, 0.1) is 6.20 Å². The summed E-state index contributed by atoms with van der Waals surface area (Å²) < 4.78 is 0. The maximum absolute atomic E-state index is 6.02. The summed E-state index contributed by atoms with van der Waals surface area (Å²) in [6.45, 7) is 3.02. The highest BCUT2D eigenvalue weighted by Crippen LogP contribution is 2.23. The van der Waals surface area contributed by atoms with Crippen LogP contribution in [0.15, 0.2) is 54.7 Å². The number of hydrogen-bond acceptors (Lipinski definition) is 6. The number of rotatable bonds is 7. The van der Waals surface area contributed by atoms with Gasteiger partial charge in [0.25, 0.3) is 0 Å². The number of aromatic nitrogens is 3. The Balaban J connectivity index is 1.33. The second kappa shape index (κ2) is 8.89. The van der Waals surface area contributed by atoms with Gasteiger partial charge >= 0.3 is 0 Å². The summed E-state index contributed by atoms with van der Waals surface area (Å²) in [5.41, 5.74) is 3.39. The molecule has 0 atom stereocenters. The SMILES string of the molecule is Clc1cccc(CCNc2cnnc(Nc3ccc(N4CCCC4)cc3)n2)c1. The molecule has 1 aliphatic rings. The fourth-order valence-electron chi connectivity index (χ4n) is 3.33. The molecular weight excluding hydrogens is 372 g/mol. The van der Waals surface area contributed by atoms with Crippen molar-refractivity contribution in [3.63, 3.8) is 0 Å². The van der Waals surface area contributed by atoms with Crippen molar-refractivity contribution < 1.29 is 0 Å². The van der Waals surface area contributed by atoms with Crippen LogP contribution in [-0.2, 0) is 6.42 Å². The average molecular weight is 395 g/mol. The maximum Gasteiger partial charge on any atom is 0.249 e. The number of hydrogen-bond donors (Lipinski definition) is 2. The van der Waals surface area contributed by atoms with Gasteiger partial charge in [-0.1, -0.05) is 23.7 Å². The van der Waals surface area contributed by atoms with Gasteiger partial charge in [0.1, 0.15) is 0 Å². The molecule has 1 saturated heterocycles. The third-order valence-corrected chi connectivity index (χ3v) is 5.00. The maximum atomic E-state index is 6.02. The molecule has 2 heterocycles. The first-order chi connectivity index (χ1) is 13.8. The van der Waals surface area contributed by atoms with Gasteiger partial charge in [-0.15, -0.1) is 5.10 Å². The Morgan fingerprint density at radius 2 is 1.86 bits per heavy atom. The van der Waals surface area contributed by atoms with Gasteiger partial charge in [0.2, 0.25) is 5.95 Å². The zero-order valence-electron chi connectivity index (χ0n) is 15.6. The van der Waals surface area contributed by atoms with Crippen molar-refractivity contribution in [2.45, 2.75) is 19.3 Å². The molecule has 0 saturated carbocycles. The van der Waals surface area contributed by atoms with Crippen molar-refractivity contribution in [2.75, 3.05) is 35.2 Å². The summed E-state index contributed by atoms with van der Waals surface area (Å²) in [6, 6.07) is 16.2. The lowest BCUT2D eigenvalue weighted by atomic mass is 10.1. The predicted molar refractivity (Wildman–Crippen MR) is 115 cm³/mol. The van der Waals surface area contributed by atoms with E-state index >= 15 is 0 Å². The normalized spacial score (nSPS) is 13.5. The molecule has 2 aromatic carbocycles. The fourth-order valence-corrected chi connectivity index (χ4v) is 3.54. The predicted octanol–water partition coefficient (Wildman–Crippen LogP) is 4.52. The minimum atomic E-state index is 0.474. The molecule has 2 N–H and O–H groups in total. The van der Waals surface area contributed by atoms with Crippen molar-refractivity contribution in [1.29, 1.82) is 0 Å². The molecule has 0 aliphatic carbocycles. The Bertz CT molecular complexity index is 909. The zero-order valence-corrected chi connectivity index (χ0v) is 16.4.